The van der Waals surface area contributed by atoms with Gasteiger partial charge < -0.3 is 9.15 Å². The highest BCUT2D eigenvalue weighted by molar-refractivity contribution is 8.18. The SMILES string of the molecule is COC(=O)c1ccccc1-c1ccc(/C=C2/SC(=Nc3ccccc3)N(C3CCCCC3)C2=O)o1. The zero-order chi connectivity index (χ0) is 24.2. The van der Waals surface area contributed by atoms with E-state index in [2.05, 4.69) is 0 Å². The summed E-state index contributed by atoms with van der Waals surface area (Å²) in [6.45, 7) is 0. The van der Waals surface area contributed by atoms with Crippen molar-refractivity contribution < 1.29 is 18.7 Å². The predicted octanol–water partition coefficient (Wildman–Crippen LogP) is 6.67. The first-order valence-corrected chi connectivity index (χ1v) is 12.6. The van der Waals surface area contributed by atoms with Crippen LogP contribution in [0.1, 0.15) is 48.2 Å². The van der Waals surface area contributed by atoms with Crippen molar-refractivity contribution in [1.82, 2.24) is 4.90 Å². The van der Waals surface area contributed by atoms with E-state index in [9.17, 15) is 9.59 Å². The normalized spacial score (nSPS) is 19.0. The largest absolute Gasteiger partial charge is 0.465 e. The summed E-state index contributed by atoms with van der Waals surface area (Å²) in [5.41, 5.74) is 1.89. The van der Waals surface area contributed by atoms with Crippen molar-refractivity contribution >= 4 is 40.6 Å². The number of para-hydroxylation sites is 1. The Morgan fingerprint density at radius 1 is 1.03 bits per heavy atom. The highest BCUT2D eigenvalue weighted by atomic mass is 32.2. The van der Waals surface area contributed by atoms with Gasteiger partial charge >= 0.3 is 5.97 Å². The number of hydrogen-bond acceptors (Lipinski definition) is 6. The van der Waals surface area contributed by atoms with E-state index >= 15 is 0 Å². The maximum atomic E-state index is 13.5. The number of carbonyl (C=O) groups excluding carboxylic acids is 2. The summed E-state index contributed by atoms with van der Waals surface area (Å²) in [5, 5.41) is 0.710. The highest BCUT2D eigenvalue weighted by Gasteiger charge is 2.38. The average Bonchev–Trinajstić information content (AvgIpc) is 3.49. The number of hydrogen-bond donors (Lipinski definition) is 0. The first kappa shape index (κ1) is 23.2. The van der Waals surface area contributed by atoms with Gasteiger partial charge in [0.25, 0.3) is 5.91 Å². The molecule has 0 unspecified atom stereocenters. The van der Waals surface area contributed by atoms with Crippen LogP contribution >= 0.6 is 11.8 Å². The minimum atomic E-state index is -0.427. The summed E-state index contributed by atoms with van der Waals surface area (Å²) in [4.78, 5) is 33.0. The van der Waals surface area contributed by atoms with E-state index in [1.165, 1.54) is 25.3 Å². The maximum Gasteiger partial charge on any atom is 0.338 e. The molecule has 0 bridgehead atoms. The standard InChI is InChI=1S/C28H26N2O4S/c1-33-27(32)23-15-9-8-14-22(23)24-17-16-21(34-24)18-25-26(31)30(20-12-6-3-7-13-20)28(35-25)29-19-10-4-2-5-11-19/h2,4-5,8-11,14-18,20H,3,6-7,12-13H2,1H3/b25-18+,29-28?. The Kier molecular flexibility index (Phi) is 6.86. The van der Waals surface area contributed by atoms with Crippen LogP contribution in [0.2, 0.25) is 0 Å². The molecule has 6 nitrogen and oxygen atoms in total. The van der Waals surface area contributed by atoms with Gasteiger partial charge in [0, 0.05) is 17.7 Å². The average molecular weight is 487 g/mol. The molecule has 2 fully saturated rings. The van der Waals surface area contributed by atoms with Gasteiger partial charge in [-0.15, -0.1) is 0 Å². The van der Waals surface area contributed by atoms with Crippen LogP contribution in [0.3, 0.4) is 0 Å². The Labute approximate surface area is 208 Å². The summed E-state index contributed by atoms with van der Waals surface area (Å²) >= 11 is 1.38. The first-order valence-electron chi connectivity index (χ1n) is 11.8. The van der Waals surface area contributed by atoms with Crippen LogP contribution in [0.15, 0.2) is 81.0 Å². The van der Waals surface area contributed by atoms with Gasteiger partial charge in [0.05, 0.1) is 23.3 Å². The molecule has 7 heteroatoms. The molecule has 3 aromatic rings. The van der Waals surface area contributed by atoms with Crippen molar-refractivity contribution in [2.24, 2.45) is 4.99 Å². The molecule has 1 saturated heterocycles. The molecule has 5 rings (SSSR count). The number of rotatable bonds is 5. The zero-order valence-corrected chi connectivity index (χ0v) is 20.3. The number of ether oxygens (including phenoxy) is 1. The Bertz CT molecular complexity index is 1290. The summed E-state index contributed by atoms with van der Waals surface area (Å²) in [6, 6.07) is 20.6. The first-order chi connectivity index (χ1) is 17.1. The van der Waals surface area contributed by atoms with Gasteiger partial charge in [0.2, 0.25) is 0 Å². The number of carbonyl (C=O) groups is 2. The number of methoxy groups -OCH3 is 1. The van der Waals surface area contributed by atoms with Gasteiger partial charge in [-0.25, -0.2) is 9.79 Å². The minimum absolute atomic E-state index is 0.0375. The number of aliphatic imine (C=N–C) groups is 1. The molecule has 2 heterocycles. The Balaban J connectivity index is 1.47. The van der Waals surface area contributed by atoms with Crippen molar-refractivity contribution in [1.29, 1.82) is 0 Å². The molecule has 1 aliphatic carbocycles. The van der Waals surface area contributed by atoms with Crippen LogP contribution in [-0.4, -0.2) is 35.1 Å². The molecule has 0 spiro atoms. The maximum absolute atomic E-state index is 13.5. The topological polar surface area (TPSA) is 72.1 Å². The van der Waals surface area contributed by atoms with E-state index < -0.39 is 5.97 Å². The molecule has 2 aromatic carbocycles. The molecule has 1 amide bonds. The summed E-state index contributed by atoms with van der Waals surface area (Å²) in [6.07, 6.45) is 7.20. The Morgan fingerprint density at radius 2 is 1.77 bits per heavy atom. The summed E-state index contributed by atoms with van der Waals surface area (Å²) in [7, 11) is 1.35. The third-order valence-electron chi connectivity index (χ3n) is 6.26. The van der Waals surface area contributed by atoms with Gasteiger partial charge in [-0.05, 0) is 54.9 Å². The molecule has 0 atom stereocenters. The molecular weight excluding hydrogens is 460 g/mol. The highest BCUT2D eigenvalue weighted by Crippen LogP contribution is 2.39. The van der Waals surface area contributed by atoms with E-state index in [1.807, 2.05) is 53.4 Å². The lowest BCUT2D eigenvalue weighted by atomic mass is 9.94. The number of thioether (sulfide) groups is 1. The van der Waals surface area contributed by atoms with Crippen LogP contribution in [0, 0.1) is 0 Å². The van der Waals surface area contributed by atoms with E-state index in [0.29, 0.717) is 32.7 Å². The van der Waals surface area contributed by atoms with Crippen molar-refractivity contribution in [2.45, 2.75) is 38.1 Å². The van der Waals surface area contributed by atoms with Crippen molar-refractivity contribution in [3.8, 4) is 11.3 Å². The van der Waals surface area contributed by atoms with E-state index in [0.717, 1.165) is 31.4 Å². The number of furan rings is 1. The van der Waals surface area contributed by atoms with Crippen LogP contribution in [0.25, 0.3) is 17.4 Å². The van der Waals surface area contributed by atoms with Crippen molar-refractivity contribution in [2.75, 3.05) is 7.11 Å². The van der Waals surface area contributed by atoms with Crippen molar-refractivity contribution in [3.63, 3.8) is 0 Å². The molecule has 0 radical (unpaired) electrons. The quantitative estimate of drug-likeness (QED) is 0.297. The van der Waals surface area contributed by atoms with Crippen LogP contribution in [0.5, 0.6) is 0 Å². The third-order valence-corrected chi connectivity index (χ3v) is 7.24. The van der Waals surface area contributed by atoms with Crippen LogP contribution in [-0.2, 0) is 9.53 Å². The van der Waals surface area contributed by atoms with E-state index in [1.54, 1.807) is 24.3 Å². The second-order valence-electron chi connectivity index (χ2n) is 8.55. The molecular formula is C28H26N2O4S. The fourth-order valence-electron chi connectivity index (χ4n) is 4.53. The van der Waals surface area contributed by atoms with Crippen LogP contribution < -0.4 is 0 Å². The molecule has 2 aliphatic rings. The second kappa shape index (κ2) is 10.4. The Hall–Kier alpha value is -3.58. The second-order valence-corrected chi connectivity index (χ2v) is 9.56. The lowest BCUT2D eigenvalue weighted by molar-refractivity contribution is -0.124. The lowest BCUT2D eigenvalue weighted by Crippen LogP contribution is -2.40. The molecule has 1 saturated carbocycles. The summed E-state index contributed by atoms with van der Waals surface area (Å²) < 4.78 is 10.9. The number of amides is 1. The molecule has 0 N–H and O–H groups in total. The summed E-state index contributed by atoms with van der Waals surface area (Å²) in [5.74, 6) is 0.614. The zero-order valence-electron chi connectivity index (χ0n) is 19.5. The van der Waals surface area contributed by atoms with E-state index in [-0.39, 0.29) is 11.9 Å². The fourth-order valence-corrected chi connectivity index (χ4v) is 5.57. The smallest absolute Gasteiger partial charge is 0.338 e. The van der Waals surface area contributed by atoms with Gasteiger partial charge in [-0.1, -0.05) is 55.7 Å². The molecule has 1 aromatic heterocycles. The van der Waals surface area contributed by atoms with Gasteiger partial charge in [0.15, 0.2) is 5.17 Å². The van der Waals surface area contributed by atoms with E-state index in [4.69, 9.17) is 14.1 Å². The monoisotopic (exact) mass is 486 g/mol. The number of nitrogens with zero attached hydrogens (tertiary/aromatic N) is 2. The lowest BCUT2D eigenvalue weighted by Gasteiger charge is -2.30. The van der Waals surface area contributed by atoms with Crippen molar-refractivity contribution in [3.05, 3.63) is 83.0 Å². The number of esters is 1. The fraction of sp³-hybridized carbons (Fsp3) is 0.250. The molecule has 35 heavy (non-hydrogen) atoms. The molecule has 1 aliphatic heterocycles. The van der Waals surface area contributed by atoms with Crippen LogP contribution in [0.4, 0.5) is 5.69 Å². The predicted molar refractivity (Wildman–Crippen MR) is 138 cm³/mol. The van der Waals surface area contributed by atoms with Gasteiger partial charge in [-0.3, -0.25) is 9.69 Å². The Morgan fingerprint density at radius 3 is 2.54 bits per heavy atom. The number of benzene rings is 2. The van der Waals surface area contributed by atoms with Gasteiger partial charge in [-0.2, -0.15) is 0 Å². The third kappa shape index (κ3) is 4.95. The number of amidine groups is 1. The molecule has 178 valence electrons. The van der Waals surface area contributed by atoms with Gasteiger partial charge in [0.1, 0.15) is 11.5 Å². The minimum Gasteiger partial charge on any atom is -0.465 e.